The molecule has 0 saturated carbocycles. The second-order valence-electron chi connectivity index (χ2n) is 8.16. The zero-order valence-electron chi connectivity index (χ0n) is 18.1. The van der Waals surface area contributed by atoms with Gasteiger partial charge in [0.05, 0.1) is 24.4 Å². The molecule has 7 nitrogen and oxygen atoms in total. The van der Waals surface area contributed by atoms with Crippen LogP contribution < -0.4 is 14.9 Å². The van der Waals surface area contributed by atoms with Crippen LogP contribution in [0.3, 0.4) is 0 Å². The number of likely N-dealkylation sites (tertiary alicyclic amines) is 1. The highest BCUT2D eigenvalue weighted by Crippen LogP contribution is 2.33. The summed E-state index contributed by atoms with van der Waals surface area (Å²) in [6.45, 7) is 2.08. The van der Waals surface area contributed by atoms with Gasteiger partial charge in [0.2, 0.25) is 0 Å². The molecule has 3 heterocycles. The van der Waals surface area contributed by atoms with E-state index in [-0.39, 0.29) is 11.5 Å². The van der Waals surface area contributed by atoms with E-state index < -0.39 is 0 Å². The number of ether oxygens (including phenoxy) is 2. The molecule has 1 aliphatic heterocycles. The van der Waals surface area contributed by atoms with Gasteiger partial charge in [-0.1, -0.05) is 12.1 Å². The van der Waals surface area contributed by atoms with Gasteiger partial charge in [0.25, 0.3) is 0 Å². The number of piperidine rings is 1. The van der Waals surface area contributed by atoms with Gasteiger partial charge < -0.3 is 23.8 Å². The Hall–Kier alpha value is -3.58. The second-order valence-corrected chi connectivity index (χ2v) is 8.16. The van der Waals surface area contributed by atoms with Crippen molar-refractivity contribution in [2.24, 2.45) is 0 Å². The van der Waals surface area contributed by atoms with Crippen LogP contribution in [0.4, 0.5) is 0 Å². The highest BCUT2D eigenvalue weighted by atomic mass is 16.5. The normalized spacial score (nSPS) is 15.2. The van der Waals surface area contributed by atoms with E-state index in [9.17, 15) is 4.79 Å². The number of hydrogen-bond acceptors (Lipinski definition) is 6. The number of aromatic nitrogens is 2. The molecule has 4 aromatic rings. The summed E-state index contributed by atoms with van der Waals surface area (Å²) in [5.41, 5.74) is 2.91. The summed E-state index contributed by atoms with van der Waals surface area (Å²) in [7, 11) is 3.73. The maximum absolute atomic E-state index is 13.0. The maximum atomic E-state index is 13.0. The first kappa shape index (κ1) is 20.3. The summed E-state index contributed by atoms with van der Waals surface area (Å²) < 4.78 is 17.2. The van der Waals surface area contributed by atoms with Crippen molar-refractivity contribution in [3.05, 3.63) is 65.3 Å². The number of oxazole rings is 1. The molecular weight excluding hydrogens is 406 g/mol. The molecule has 0 bridgehead atoms. The molecule has 0 spiro atoms. The monoisotopic (exact) mass is 431 g/mol. The predicted octanol–water partition coefficient (Wildman–Crippen LogP) is 4.33. The number of benzene rings is 2. The summed E-state index contributed by atoms with van der Waals surface area (Å²) in [5.74, 6) is 1.96. The fourth-order valence-corrected chi connectivity index (χ4v) is 4.17. The lowest BCUT2D eigenvalue weighted by Gasteiger charge is -2.29. The molecule has 0 radical (unpaired) electrons. The van der Waals surface area contributed by atoms with Gasteiger partial charge >= 0.3 is 0 Å². The highest BCUT2D eigenvalue weighted by Gasteiger charge is 2.18. The molecule has 0 amide bonds. The summed E-state index contributed by atoms with van der Waals surface area (Å²) in [6.07, 6.45) is 5.20. The maximum Gasteiger partial charge on any atom is 0.190 e. The predicted molar refractivity (Wildman–Crippen MR) is 123 cm³/mol. The highest BCUT2D eigenvalue weighted by molar-refractivity contribution is 5.88. The number of methoxy groups -OCH3 is 1. The van der Waals surface area contributed by atoms with Crippen LogP contribution in [-0.2, 0) is 0 Å². The van der Waals surface area contributed by atoms with Crippen LogP contribution in [0, 0.1) is 0 Å². The number of fused-ring (bicyclic) bond motifs is 1. The molecular formula is C25H25N3O4. The van der Waals surface area contributed by atoms with Crippen LogP contribution >= 0.6 is 0 Å². The third-order valence-electron chi connectivity index (χ3n) is 5.96. The summed E-state index contributed by atoms with van der Waals surface area (Å²) in [6, 6.07) is 13.1. The van der Waals surface area contributed by atoms with Crippen LogP contribution in [0.15, 0.2) is 64.3 Å². The number of H-pyrrole nitrogens is 1. The minimum atomic E-state index is -0.0844. The minimum absolute atomic E-state index is 0.0844. The van der Waals surface area contributed by atoms with Crippen molar-refractivity contribution in [2.45, 2.75) is 18.9 Å². The van der Waals surface area contributed by atoms with E-state index in [4.69, 9.17) is 13.9 Å². The van der Waals surface area contributed by atoms with Crippen LogP contribution in [0.25, 0.3) is 33.5 Å². The average molecular weight is 431 g/mol. The Kier molecular flexibility index (Phi) is 5.41. The van der Waals surface area contributed by atoms with Crippen LogP contribution in [-0.4, -0.2) is 48.2 Å². The molecule has 0 atom stereocenters. The van der Waals surface area contributed by atoms with Crippen LogP contribution in [0.1, 0.15) is 12.8 Å². The summed E-state index contributed by atoms with van der Waals surface area (Å²) in [4.78, 5) is 22.6. The van der Waals surface area contributed by atoms with Gasteiger partial charge in [0, 0.05) is 41.9 Å². The van der Waals surface area contributed by atoms with Gasteiger partial charge in [-0.15, -0.1) is 0 Å². The van der Waals surface area contributed by atoms with Crippen molar-refractivity contribution in [1.82, 2.24) is 14.9 Å². The molecule has 32 heavy (non-hydrogen) atoms. The van der Waals surface area contributed by atoms with Crippen LogP contribution in [0.2, 0.25) is 0 Å². The largest absolute Gasteiger partial charge is 0.496 e. The Morgan fingerprint density at radius 1 is 1.16 bits per heavy atom. The van der Waals surface area contributed by atoms with Crippen molar-refractivity contribution in [3.8, 4) is 34.1 Å². The topological polar surface area (TPSA) is 80.6 Å². The van der Waals surface area contributed by atoms with E-state index in [0.717, 1.165) is 42.9 Å². The lowest BCUT2D eigenvalue weighted by Crippen LogP contribution is -2.35. The van der Waals surface area contributed by atoms with Gasteiger partial charge in [0.1, 0.15) is 17.6 Å². The Balaban J connectivity index is 1.50. The van der Waals surface area contributed by atoms with E-state index in [1.54, 1.807) is 25.4 Å². The number of hydrogen-bond donors (Lipinski definition) is 1. The van der Waals surface area contributed by atoms with Crippen molar-refractivity contribution >= 4 is 10.9 Å². The molecule has 1 aliphatic rings. The minimum Gasteiger partial charge on any atom is -0.496 e. The van der Waals surface area contributed by atoms with Gasteiger partial charge in [-0.2, -0.15) is 0 Å². The zero-order chi connectivity index (χ0) is 22.1. The molecule has 2 aromatic carbocycles. The molecule has 1 N–H and O–H groups in total. The number of nitrogens with one attached hydrogen (secondary N) is 1. The Morgan fingerprint density at radius 2 is 2.00 bits per heavy atom. The first-order chi connectivity index (χ1) is 15.6. The first-order valence-corrected chi connectivity index (χ1v) is 10.7. The number of pyridine rings is 1. The summed E-state index contributed by atoms with van der Waals surface area (Å²) in [5, 5.41) is 0.555. The molecule has 2 aromatic heterocycles. The van der Waals surface area contributed by atoms with E-state index in [2.05, 4.69) is 21.9 Å². The van der Waals surface area contributed by atoms with Gasteiger partial charge in [-0.3, -0.25) is 4.79 Å². The van der Waals surface area contributed by atoms with E-state index in [1.165, 1.54) is 6.39 Å². The third kappa shape index (κ3) is 3.99. The van der Waals surface area contributed by atoms with E-state index in [0.29, 0.717) is 28.0 Å². The average Bonchev–Trinajstić information content (AvgIpc) is 3.35. The first-order valence-electron chi connectivity index (χ1n) is 10.7. The van der Waals surface area contributed by atoms with Crippen molar-refractivity contribution < 1.29 is 13.9 Å². The number of aromatic amines is 1. The van der Waals surface area contributed by atoms with Crippen molar-refractivity contribution in [2.75, 3.05) is 27.2 Å². The molecule has 1 saturated heterocycles. The third-order valence-corrected chi connectivity index (χ3v) is 5.96. The Bertz CT molecular complexity index is 1290. The molecule has 7 heteroatoms. The van der Waals surface area contributed by atoms with Gasteiger partial charge in [-0.25, -0.2) is 4.98 Å². The molecule has 164 valence electrons. The smallest absolute Gasteiger partial charge is 0.190 e. The lowest BCUT2D eigenvalue weighted by atomic mass is 10.0. The SMILES string of the molecule is COc1cc2[nH]c(-c3cccc(OC4CCN(C)CC4)c3)cc(=O)c2cc1-c1cnco1. The number of nitrogens with zero attached hydrogens (tertiary/aromatic N) is 2. The van der Waals surface area contributed by atoms with Gasteiger partial charge in [0.15, 0.2) is 17.6 Å². The summed E-state index contributed by atoms with van der Waals surface area (Å²) >= 11 is 0. The lowest BCUT2D eigenvalue weighted by molar-refractivity contribution is 0.114. The van der Waals surface area contributed by atoms with E-state index >= 15 is 0 Å². The van der Waals surface area contributed by atoms with E-state index in [1.807, 2.05) is 30.3 Å². The van der Waals surface area contributed by atoms with Crippen molar-refractivity contribution in [3.63, 3.8) is 0 Å². The van der Waals surface area contributed by atoms with Crippen LogP contribution in [0.5, 0.6) is 11.5 Å². The molecule has 1 fully saturated rings. The van der Waals surface area contributed by atoms with Gasteiger partial charge in [-0.05, 0) is 38.1 Å². The number of rotatable bonds is 5. The molecule has 0 unspecified atom stereocenters. The molecule has 0 aliphatic carbocycles. The standard InChI is InChI=1S/C25H25N3O4/c1-28-8-6-17(7-9-28)32-18-5-3-4-16(10-18)21-12-23(29)19-11-20(25-14-26-15-31-25)24(30-2)13-22(19)27-21/h3-5,10-15,17H,6-9H2,1-2H3,(H,27,29). The zero-order valence-corrected chi connectivity index (χ0v) is 18.1. The second kappa shape index (κ2) is 8.51. The molecule has 5 rings (SSSR count). The quantitative estimate of drug-likeness (QED) is 0.507. The fraction of sp³-hybridized carbons (Fsp3) is 0.280. The van der Waals surface area contributed by atoms with Crippen molar-refractivity contribution in [1.29, 1.82) is 0 Å². The fourth-order valence-electron chi connectivity index (χ4n) is 4.17. The Morgan fingerprint density at radius 3 is 2.75 bits per heavy atom. The Labute approximate surface area is 185 Å².